The zero-order valence-corrected chi connectivity index (χ0v) is 14.2. The molecule has 0 atom stereocenters. The third kappa shape index (κ3) is 2.33. The fraction of sp³-hybridized carbons (Fsp3) is 0.133. The maximum absolute atomic E-state index is 6.27. The highest BCUT2D eigenvalue weighted by Gasteiger charge is 2.24. The minimum Gasteiger partial charge on any atom is -0.299 e. The van der Waals surface area contributed by atoms with Crippen molar-refractivity contribution in [1.82, 2.24) is 39.1 Å². The number of aromatic nitrogens is 8. The third-order valence-corrected chi connectivity index (χ3v) is 4.61. The van der Waals surface area contributed by atoms with Gasteiger partial charge in [0, 0.05) is 10.6 Å². The molecule has 0 unspecified atom stereocenters. The topological polar surface area (TPSA) is 79.2 Å². The number of benzene rings is 1. The summed E-state index contributed by atoms with van der Waals surface area (Å²) in [5.41, 5.74) is 2.64. The molecule has 1 aliphatic rings. The standard InChI is InChI=1S/C15H10Cl2N8/c16-9-1-2-11-10(3-9)15-21-13(5-23-7-18-6-20-23)22-25(15)4-12-14(17)19-8-24(11)12/h1-3,6-8H,4-5H2. The largest absolute Gasteiger partial charge is 0.299 e. The van der Waals surface area contributed by atoms with Crippen molar-refractivity contribution in [2.45, 2.75) is 13.1 Å². The predicted octanol–water partition coefficient (Wildman–Crippen LogP) is 2.44. The summed E-state index contributed by atoms with van der Waals surface area (Å²) in [5.74, 6) is 1.36. The van der Waals surface area contributed by atoms with E-state index in [1.165, 1.54) is 6.33 Å². The summed E-state index contributed by atoms with van der Waals surface area (Å²) in [6.07, 6.45) is 4.81. The van der Waals surface area contributed by atoms with E-state index in [2.05, 4.69) is 25.1 Å². The molecular weight excluding hydrogens is 363 g/mol. The lowest BCUT2D eigenvalue weighted by Gasteiger charge is -2.08. The molecule has 1 aliphatic heterocycles. The van der Waals surface area contributed by atoms with E-state index in [0.717, 1.165) is 22.8 Å². The monoisotopic (exact) mass is 372 g/mol. The van der Waals surface area contributed by atoms with Crippen molar-refractivity contribution in [2.75, 3.05) is 0 Å². The minimum absolute atomic E-state index is 0.433. The van der Waals surface area contributed by atoms with Crippen LogP contribution in [-0.2, 0) is 13.1 Å². The van der Waals surface area contributed by atoms with Gasteiger partial charge in [0.2, 0.25) is 0 Å². The molecule has 25 heavy (non-hydrogen) atoms. The Morgan fingerprint density at radius 3 is 2.92 bits per heavy atom. The first-order valence-corrected chi connectivity index (χ1v) is 8.23. The Morgan fingerprint density at radius 1 is 1.16 bits per heavy atom. The van der Waals surface area contributed by atoms with E-state index in [1.807, 2.05) is 27.4 Å². The lowest BCUT2D eigenvalue weighted by Crippen LogP contribution is -2.07. The number of halogens is 2. The van der Waals surface area contributed by atoms with Gasteiger partial charge in [0.05, 0.1) is 17.9 Å². The van der Waals surface area contributed by atoms with Gasteiger partial charge >= 0.3 is 0 Å². The molecular formula is C15H10Cl2N8. The molecule has 0 fully saturated rings. The van der Waals surface area contributed by atoms with E-state index in [-0.39, 0.29) is 0 Å². The van der Waals surface area contributed by atoms with Crippen LogP contribution in [0.15, 0.2) is 37.2 Å². The van der Waals surface area contributed by atoms with Crippen LogP contribution in [0.5, 0.6) is 0 Å². The average Bonchev–Trinajstić information content (AvgIpc) is 3.30. The van der Waals surface area contributed by atoms with Gasteiger partial charge in [-0.1, -0.05) is 23.2 Å². The SMILES string of the molecule is Clc1ccc2c(c1)-c1nc(Cn3cncn3)nn1Cc1c(Cl)ncn1-2. The third-order valence-electron chi connectivity index (χ3n) is 4.06. The van der Waals surface area contributed by atoms with Gasteiger partial charge in [-0.15, -0.1) is 0 Å². The van der Waals surface area contributed by atoms with Crippen LogP contribution in [0.4, 0.5) is 0 Å². The van der Waals surface area contributed by atoms with E-state index in [0.29, 0.717) is 29.1 Å². The number of rotatable bonds is 2. The normalized spacial score (nSPS) is 12.4. The van der Waals surface area contributed by atoms with Crippen LogP contribution in [0.1, 0.15) is 11.5 Å². The minimum atomic E-state index is 0.433. The molecule has 4 aromatic rings. The summed E-state index contributed by atoms with van der Waals surface area (Å²) < 4.78 is 5.43. The fourth-order valence-electron chi connectivity index (χ4n) is 2.97. The van der Waals surface area contributed by atoms with Crippen LogP contribution in [0.3, 0.4) is 0 Å². The smallest absolute Gasteiger partial charge is 0.172 e. The number of imidazole rings is 1. The Morgan fingerprint density at radius 2 is 2.08 bits per heavy atom. The van der Waals surface area contributed by atoms with Gasteiger partial charge in [0.15, 0.2) is 16.8 Å². The summed E-state index contributed by atoms with van der Waals surface area (Å²) in [6, 6.07) is 5.64. The molecule has 3 aromatic heterocycles. The first-order valence-electron chi connectivity index (χ1n) is 7.47. The quantitative estimate of drug-likeness (QED) is 0.475. The van der Waals surface area contributed by atoms with Crippen molar-refractivity contribution in [3.63, 3.8) is 0 Å². The zero-order valence-electron chi connectivity index (χ0n) is 12.7. The summed E-state index contributed by atoms with van der Waals surface area (Å²) in [6.45, 7) is 0.897. The molecule has 5 rings (SSSR count). The summed E-state index contributed by atoms with van der Waals surface area (Å²) in [5, 5.41) is 9.78. The Kier molecular flexibility index (Phi) is 3.16. The second-order valence-corrected chi connectivity index (χ2v) is 6.41. The number of hydrogen-bond acceptors (Lipinski definition) is 5. The van der Waals surface area contributed by atoms with E-state index in [4.69, 9.17) is 23.2 Å². The highest BCUT2D eigenvalue weighted by Crippen LogP contribution is 2.34. The molecule has 0 bridgehead atoms. The summed E-state index contributed by atoms with van der Waals surface area (Å²) in [4.78, 5) is 12.8. The molecule has 0 N–H and O–H groups in total. The molecule has 0 saturated carbocycles. The molecule has 8 nitrogen and oxygen atoms in total. The molecule has 4 heterocycles. The highest BCUT2D eigenvalue weighted by molar-refractivity contribution is 6.31. The summed E-state index contributed by atoms with van der Waals surface area (Å²) >= 11 is 12.5. The maximum Gasteiger partial charge on any atom is 0.172 e. The van der Waals surface area contributed by atoms with Crippen molar-refractivity contribution in [1.29, 1.82) is 0 Å². The Balaban J connectivity index is 1.70. The molecule has 0 spiro atoms. The lowest BCUT2D eigenvalue weighted by atomic mass is 10.1. The number of fused-ring (bicyclic) bond motifs is 5. The maximum atomic E-state index is 6.27. The van der Waals surface area contributed by atoms with Crippen molar-refractivity contribution >= 4 is 23.2 Å². The molecule has 10 heteroatoms. The van der Waals surface area contributed by atoms with Gasteiger partial charge in [-0.2, -0.15) is 10.2 Å². The Bertz CT molecular complexity index is 1080. The van der Waals surface area contributed by atoms with Gasteiger partial charge < -0.3 is 0 Å². The molecule has 0 radical (unpaired) electrons. The molecule has 0 aliphatic carbocycles. The van der Waals surface area contributed by atoms with Crippen LogP contribution in [0, 0.1) is 0 Å². The summed E-state index contributed by atoms with van der Waals surface area (Å²) in [7, 11) is 0. The van der Waals surface area contributed by atoms with Gasteiger partial charge in [-0.3, -0.25) is 4.57 Å². The van der Waals surface area contributed by atoms with Gasteiger partial charge in [-0.05, 0) is 18.2 Å². The highest BCUT2D eigenvalue weighted by atomic mass is 35.5. The van der Waals surface area contributed by atoms with Crippen molar-refractivity contribution in [2.24, 2.45) is 0 Å². The van der Waals surface area contributed by atoms with Crippen LogP contribution in [0.2, 0.25) is 10.2 Å². The second kappa shape index (κ2) is 5.40. The van der Waals surface area contributed by atoms with Crippen LogP contribution >= 0.6 is 23.2 Å². The van der Waals surface area contributed by atoms with Crippen molar-refractivity contribution < 1.29 is 0 Å². The molecule has 0 saturated heterocycles. The first kappa shape index (κ1) is 14.6. The number of nitrogens with zero attached hydrogens (tertiary/aromatic N) is 8. The molecule has 124 valence electrons. The fourth-order valence-corrected chi connectivity index (χ4v) is 3.33. The van der Waals surface area contributed by atoms with E-state index < -0.39 is 0 Å². The van der Waals surface area contributed by atoms with E-state index >= 15 is 0 Å². The predicted molar refractivity (Wildman–Crippen MR) is 90.8 cm³/mol. The van der Waals surface area contributed by atoms with Crippen molar-refractivity contribution in [3.8, 4) is 17.1 Å². The van der Waals surface area contributed by atoms with Crippen LogP contribution in [0.25, 0.3) is 17.1 Å². The van der Waals surface area contributed by atoms with E-state index in [1.54, 1.807) is 17.3 Å². The Labute approximate surface area is 151 Å². The Hall–Kier alpha value is -2.71. The zero-order chi connectivity index (χ0) is 17.0. The average molecular weight is 373 g/mol. The van der Waals surface area contributed by atoms with Gasteiger partial charge in [0.25, 0.3) is 0 Å². The van der Waals surface area contributed by atoms with Crippen LogP contribution < -0.4 is 0 Å². The molecule has 1 aromatic carbocycles. The van der Waals surface area contributed by atoms with Gasteiger partial charge in [-0.25, -0.2) is 24.3 Å². The number of hydrogen-bond donors (Lipinski definition) is 0. The van der Waals surface area contributed by atoms with E-state index in [9.17, 15) is 0 Å². The molecule has 0 amide bonds. The van der Waals surface area contributed by atoms with Crippen molar-refractivity contribution in [3.05, 3.63) is 58.9 Å². The van der Waals surface area contributed by atoms with Gasteiger partial charge in [0.1, 0.15) is 25.5 Å². The lowest BCUT2D eigenvalue weighted by molar-refractivity contribution is 0.621. The second-order valence-electron chi connectivity index (χ2n) is 5.62. The van der Waals surface area contributed by atoms with Crippen LogP contribution in [-0.4, -0.2) is 39.1 Å². The first-order chi connectivity index (χ1) is 12.2.